The van der Waals surface area contributed by atoms with Crippen LogP contribution in [0.2, 0.25) is 0 Å². The molecule has 0 aromatic heterocycles. The summed E-state index contributed by atoms with van der Waals surface area (Å²) in [6.45, 7) is 5.39. The molecule has 32 heavy (non-hydrogen) atoms. The first kappa shape index (κ1) is 23.4. The molecule has 1 saturated heterocycles. The maximum Gasteiger partial charge on any atom is 0.253 e. The molecule has 3 rings (SSSR count). The van der Waals surface area contributed by atoms with Crippen LogP contribution in [0.3, 0.4) is 0 Å². The summed E-state index contributed by atoms with van der Waals surface area (Å²) in [4.78, 5) is 27.7. The number of rotatable bonds is 7. The lowest BCUT2D eigenvalue weighted by Gasteiger charge is -2.32. The minimum Gasteiger partial charge on any atom is -0.493 e. The predicted molar refractivity (Wildman–Crippen MR) is 122 cm³/mol. The monoisotopic (exact) mass is 440 g/mol. The molecule has 0 radical (unpaired) electrons. The molecule has 1 heterocycles. The summed E-state index contributed by atoms with van der Waals surface area (Å²) in [6.07, 6.45) is 1.57. The summed E-state index contributed by atoms with van der Waals surface area (Å²) < 4.78 is 16.1. The van der Waals surface area contributed by atoms with E-state index >= 15 is 0 Å². The largest absolute Gasteiger partial charge is 0.493 e. The molecule has 2 amide bonds. The molecule has 0 saturated carbocycles. The first-order valence-corrected chi connectivity index (χ1v) is 10.8. The Kier molecular flexibility index (Phi) is 7.62. The summed E-state index contributed by atoms with van der Waals surface area (Å²) in [5, 5.41) is 3.00. The number of nitrogens with zero attached hydrogens (tertiary/aromatic N) is 1. The lowest BCUT2D eigenvalue weighted by Crippen LogP contribution is -2.45. The van der Waals surface area contributed by atoms with E-state index in [2.05, 4.69) is 5.32 Å². The van der Waals surface area contributed by atoms with Crippen molar-refractivity contribution in [1.29, 1.82) is 0 Å². The number of aryl methyl sites for hydroxylation is 2. The zero-order valence-electron chi connectivity index (χ0n) is 19.5. The minimum atomic E-state index is -0.236. The van der Waals surface area contributed by atoms with Crippen LogP contribution in [0.5, 0.6) is 17.2 Å². The first-order chi connectivity index (χ1) is 15.4. The number of carbonyl (C=O) groups is 2. The molecule has 172 valence electrons. The van der Waals surface area contributed by atoms with Crippen molar-refractivity contribution >= 4 is 11.8 Å². The van der Waals surface area contributed by atoms with E-state index in [0.29, 0.717) is 42.4 Å². The Morgan fingerprint density at radius 1 is 0.969 bits per heavy atom. The van der Waals surface area contributed by atoms with Gasteiger partial charge in [0, 0.05) is 25.2 Å². The lowest BCUT2D eigenvalue weighted by molar-refractivity contribution is -0.126. The number of hydrogen-bond acceptors (Lipinski definition) is 5. The van der Waals surface area contributed by atoms with E-state index in [1.807, 2.05) is 44.2 Å². The molecule has 0 spiro atoms. The normalized spacial score (nSPS) is 15.8. The second kappa shape index (κ2) is 10.4. The van der Waals surface area contributed by atoms with E-state index in [-0.39, 0.29) is 17.7 Å². The van der Waals surface area contributed by atoms with Crippen molar-refractivity contribution in [1.82, 2.24) is 10.2 Å². The van der Waals surface area contributed by atoms with Crippen molar-refractivity contribution in [3.8, 4) is 17.2 Å². The molecule has 0 aliphatic carbocycles. The molecular weight excluding hydrogens is 408 g/mol. The molecule has 0 bridgehead atoms. The maximum absolute atomic E-state index is 13.0. The third kappa shape index (κ3) is 5.33. The Balaban J connectivity index is 1.65. The summed E-state index contributed by atoms with van der Waals surface area (Å²) in [5.74, 6) is 1.28. The third-order valence-corrected chi connectivity index (χ3v) is 5.74. The van der Waals surface area contributed by atoms with Crippen molar-refractivity contribution < 1.29 is 23.8 Å². The Labute approximate surface area is 189 Å². The van der Waals surface area contributed by atoms with Gasteiger partial charge in [-0.05, 0) is 56.5 Å². The molecule has 1 atom stereocenters. The van der Waals surface area contributed by atoms with Crippen LogP contribution in [-0.4, -0.2) is 51.1 Å². The number of likely N-dealkylation sites (tertiary alicyclic amines) is 1. The standard InChI is InChI=1S/C25H32N2O5/c1-16-9-17(2)11-20(10-16)25(29)27-8-6-7-19(15-27)24(28)26-14-18-12-21(30-3)23(32-5)22(13-18)31-4/h9-13,19H,6-8,14-15H2,1-5H3,(H,26,28)/t19-/m0/s1. The quantitative estimate of drug-likeness (QED) is 0.713. The molecule has 0 unspecified atom stereocenters. The Bertz CT molecular complexity index is 943. The van der Waals surface area contributed by atoms with Crippen LogP contribution in [-0.2, 0) is 11.3 Å². The van der Waals surface area contributed by atoms with Gasteiger partial charge in [-0.25, -0.2) is 0 Å². The van der Waals surface area contributed by atoms with Gasteiger partial charge in [-0.15, -0.1) is 0 Å². The van der Waals surface area contributed by atoms with Crippen LogP contribution in [0.1, 0.15) is 39.9 Å². The Morgan fingerprint density at radius 2 is 1.59 bits per heavy atom. The van der Waals surface area contributed by atoms with Gasteiger partial charge in [0.1, 0.15) is 0 Å². The van der Waals surface area contributed by atoms with Crippen molar-refractivity contribution in [3.63, 3.8) is 0 Å². The number of nitrogens with one attached hydrogen (secondary N) is 1. The van der Waals surface area contributed by atoms with Crippen molar-refractivity contribution in [2.45, 2.75) is 33.2 Å². The number of carbonyl (C=O) groups excluding carboxylic acids is 2. The number of benzene rings is 2. The van der Waals surface area contributed by atoms with E-state index in [1.54, 1.807) is 26.2 Å². The number of hydrogen-bond donors (Lipinski definition) is 1. The van der Waals surface area contributed by atoms with Crippen molar-refractivity contribution in [2.75, 3.05) is 34.4 Å². The highest BCUT2D eigenvalue weighted by Crippen LogP contribution is 2.38. The fourth-order valence-electron chi connectivity index (χ4n) is 4.23. The van der Waals surface area contributed by atoms with E-state index in [4.69, 9.17) is 14.2 Å². The van der Waals surface area contributed by atoms with E-state index in [1.165, 1.54) is 0 Å². The summed E-state index contributed by atoms with van der Waals surface area (Å²) in [7, 11) is 4.67. The molecule has 2 aromatic rings. The van der Waals surface area contributed by atoms with Gasteiger partial charge in [0.25, 0.3) is 5.91 Å². The molecule has 1 fully saturated rings. The van der Waals surface area contributed by atoms with Crippen molar-refractivity contribution in [3.05, 3.63) is 52.6 Å². The smallest absolute Gasteiger partial charge is 0.253 e. The maximum atomic E-state index is 13.0. The van der Waals surface area contributed by atoms with Crippen LogP contribution >= 0.6 is 0 Å². The lowest BCUT2D eigenvalue weighted by atomic mass is 9.96. The second-order valence-electron chi connectivity index (χ2n) is 8.22. The van der Waals surface area contributed by atoms with E-state index < -0.39 is 0 Å². The molecule has 1 aliphatic heterocycles. The third-order valence-electron chi connectivity index (χ3n) is 5.74. The van der Waals surface area contributed by atoms with Gasteiger partial charge >= 0.3 is 0 Å². The first-order valence-electron chi connectivity index (χ1n) is 10.8. The molecule has 1 aliphatic rings. The van der Waals surface area contributed by atoms with Gasteiger partial charge in [-0.1, -0.05) is 17.2 Å². The van der Waals surface area contributed by atoms with Crippen LogP contribution in [0.4, 0.5) is 0 Å². The van der Waals surface area contributed by atoms with Crippen molar-refractivity contribution in [2.24, 2.45) is 5.92 Å². The zero-order valence-corrected chi connectivity index (χ0v) is 19.5. The molecule has 2 aromatic carbocycles. The summed E-state index contributed by atoms with van der Waals surface area (Å²) in [6, 6.07) is 9.50. The zero-order chi connectivity index (χ0) is 23.3. The van der Waals surface area contributed by atoms with Gasteiger partial charge < -0.3 is 24.4 Å². The number of ether oxygens (including phenoxy) is 3. The average Bonchev–Trinajstić information content (AvgIpc) is 2.80. The summed E-state index contributed by atoms with van der Waals surface area (Å²) >= 11 is 0. The van der Waals surface area contributed by atoms with Crippen LogP contribution in [0.25, 0.3) is 0 Å². The highest BCUT2D eigenvalue weighted by Gasteiger charge is 2.29. The number of piperidine rings is 1. The van der Waals surface area contributed by atoms with Gasteiger partial charge in [-0.3, -0.25) is 9.59 Å². The average molecular weight is 441 g/mol. The van der Waals surface area contributed by atoms with Gasteiger partial charge in [0.2, 0.25) is 11.7 Å². The Morgan fingerprint density at radius 3 is 2.16 bits per heavy atom. The van der Waals surface area contributed by atoms with Gasteiger partial charge in [-0.2, -0.15) is 0 Å². The summed E-state index contributed by atoms with van der Waals surface area (Å²) in [5.41, 5.74) is 3.64. The molecule has 7 nitrogen and oxygen atoms in total. The van der Waals surface area contributed by atoms with E-state index in [9.17, 15) is 9.59 Å². The van der Waals surface area contributed by atoms with Gasteiger partial charge in [0.05, 0.1) is 27.2 Å². The molecular formula is C25H32N2O5. The highest BCUT2D eigenvalue weighted by molar-refractivity contribution is 5.95. The number of methoxy groups -OCH3 is 3. The highest BCUT2D eigenvalue weighted by atomic mass is 16.5. The van der Waals surface area contributed by atoms with Crippen LogP contribution < -0.4 is 19.5 Å². The SMILES string of the molecule is COc1cc(CNC(=O)[C@H]2CCCN(C(=O)c3cc(C)cc(C)c3)C2)cc(OC)c1OC. The Hall–Kier alpha value is -3.22. The second-order valence-corrected chi connectivity index (χ2v) is 8.22. The van der Waals surface area contributed by atoms with Crippen LogP contribution in [0.15, 0.2) is 30.3 Å². The van der Waals surface area contributed by atoms with E-state index in [0.717, 1.165) is 29.5 Å². The topological polar surface area (TPSA) is 77.1 Å². The van der Waals surface area contributed by atoms with Gasteiger partial charge in [0.15, 0.2) is 11.5 Å². The molecule has 1 N–H and O–H groups in total. The predicted octanol–water partition coefficient (Wildman–Crippen LogP) is 3.50. The minimum absolute atomic E-state index is 0.0149. The number of amides is 2. The fraction of sp³-hybridized carbons (Fsp3) is 0.440. The van der Waals surface area contributed by atoms with Crippen LogP contribution in [0, 0.1) is 19.8 Å². The molecule has 7 heteroatoms. The fourth-order valence-corrected chi connectivity index (χ4v) is 4.23.